The highest BCUT2D eigenvalue weighted by molar-refractivity contribution is 6.21. The molecule has 0 saturated carbocycles. The van der Waals surface area contributed by atoms with Crippen LogP contribution in [0.3, 0.4) is 0 Å². The number of hydrogen-bond donors (Lipinski definition) is 0. The van der Waals surface area contributed by atoms with Gasteiger partial charge in [-0.2, -0.15) is 0 Å². The molecule has 0 radical (unpaired) electrons. The summed E-state index contributed by atoms with van der Waals surface area (Å²) in [7, 11) is 0. The molecule has 0 heteroatoms. The predicted molar refractivity (Wildman–Crippen MR) is 249 cm³/mol. The van der Waals surface area contributed by atoms with Crippen LogP contribution in [-0.4, -0.2) is 0 Å². The SMILES string of the molecule is C=C/C=C(\C=C/C)c1cccc(-c2c3ccccc3c(-c3ccc(C(C)(C)CC)cc3)c3ccccc23)c1CC.CC.CC.CC.CCC.CCCC. The minimum absolute atomic E-state index is 0.167. The molecule has 0 saturated heterocycles. The van der Waals surface area contributed by atoms with Crippen molar-refractivity contribution in [2.45, 2.75) is 141 Å². The van der Waals surface area contributed by atoms with Crippen LogP contribution in [0.4, 0.5) is 0 Å². The lowest BCUT2D eigenvalue weighted by atomic mass is 9.80. The van der Waals surface area contributed by atoms with Crippen LogP contribution in [0.1, 0.15) is 146 Å². The molecule has 5 rings (SSSR count). The summed E-state index contributed by atoms with van der Waals surface area (Å²) in [6.45, 7) is 35.8. The standard InChI is InChI=1S/C40H40.C4H10.C3H8.3C2H6/c1-7-16-28(17-8-2)32-22-15-23-33(31(32)9-3)39-36-20-13-11-18-34(36)38(35-19-12-14-21-37(35)39)29-24-26-30(27-25-29)40(5,6)10-4;1-3-4-2;1-3-2;3*1-2/h7-8,11-27H,1,9-10H2,2-6H3;3-4H2,1-2H3;3H2,1-2H3;3*1-2H3/b17-8-,28-16+;;;;;. The largest absolute Gasteiger partial charge is 0.0990 e. The Morgan fingerprint density at radius 1 is 0.604 bits per heavy atom. The van der Waals surface area contributed by atoms with Gasteiger partial charge in [0.05, 0.1) is 0 Å². The maximum atomic E-state index is 3.98. The molecule has 0 atom stereocenters. The summed E-state index contributed by atoms with van der Waals surface area (Å²) in [6.07, 6.45) is 14.2. The molecule has 0 spiro atoms. The number of unbranched alkanes of at least 4 members (excludes halogenated alkanes) is 1. The van der Waals surface area contributed by atoms with E-state index in [9.17, 15) is 0 Å². The highest BCUT2D eigenvalue weighted by Gasteiger charge is 2.21. The molecule has 0 fully saturated rings. The average Bonchev–Trinajstić information content (AvgIpc) is 3.22. The number of fused-ring (bicyclic) bond motifs is 2. The number of rotatable bonds is 9. The predicted octanol–water partition coefficient (Wildman–Crippen LogP) is 18.0. The first-order valence-electron chi connectivity index (χ1n) is 20.9. The fourth-order valence-corrected chi connectivity index (χ4v) is 6.04. The van der Waals surface area contributed by atoms with Gasteiger partial charge in [0.2, 0.25) is 0 Å². The summed E-state index contributed by atoms with van der Waals surface area (Å²) in [6, 6.07) is 33.9. The van der Waals surface area contributed by atoms with Crippen LogP contribution in [0.15, 0.2) is 122 Å². The van der Waals surface area contributed by atoms with Gasteiger partial charge in [0.25, 0.3) is 0 Å². The van der Waals surface area contributed by atoms with Gasteiger partial charge < -0.3 is 0 Å². The minimum atomic E-state index is 0.167. The molecule has 0 heterocycles. The van der Waals surface area contributed by atoms with Crippen molar-refractivity contribution in [3.05, 3.63) is 139 Å². The molecule has 5 aromatic rings. The molecule has 0 N–H and O–H groups in total. The van der Waals surface area contributed by atoms with E-state index in [1.54, 1.807) is 0 Å². The Hall–Kier alpha value is -4.16. The quantitative estimate of drug-likeness (QED) is 0.105. The second kappa shape index (κ2) is 27.4. The smallest absolute Gasteiger partial charge is 0.00234 e. The number of allylic oxidation sites excluding steroid dienone is 5. The van der Waals surface area contributed by atoms with E-state index < -0.39 is 0 Å². The van der Waals surface area contributed by atoms with E-state index in [-0.39, 0.29) is 5.41 Å². The molecule has 0 aliphatic rings. The van der Waals surface area contributed by atoms with Crippen molar-refractivity contribution in [1.29, 1.82) is 0 Å². The van der Waals surface area contributed by atoms with E-state index in [1.165, 1.54) is 85.3 Å². The molecule has 0 nitrogen and oxygen atoms in total. The van der Waals surface area contributed by atoms with E-state index in [1.807, 2.05) is 47.6 Å². The summed E-state index contributed by atoms with van der Waals surface area (Å²) in [5, 5.41) is 5.17. The first-order valence-corrected chi connectivity index (χ1v) is 20.9. The summed E-state index contributed by atoms with van der Waals surface area (Å²) in [5.41, 5.74) is 10.6. The zero-order chi connectivity index (χ0) is 40.4. The van der Waals surface area contributed by atoms with Crippen LogP contribution in [0.25, 0.3) is 49.4 Å². The van der Waals surface area contributed by atoms with Gasteiger partial charge in [-0.15, -0.1) is 0 Å². The molecule has 0 aliphatic heterocycles. The lowest BCUT2D eigenvalue weighted by molar-refractivity contribution is 0.506. The second-order valence-corrected chi connectivity index (χ2v) is 12.9. The van der Waals surface area contributed by atoms with Crippen LogP contribution in [0, 0.1) is 0 Å². The summed E-state index contributed by atoms with van der Waals surface area (Å²) >= 11 is 0. The Morgan fingerprint density at radius 3 is 1.43 bits per heavy atom. The van der Waals surface area contributed by atoms with Crippen molar-refractivity contribution >= 4 is 27.1 Å². The van der Waals surface area contributed by atoms with Gasteiger partial charge in [0.15, 0.2) is 0 Å². The van der Waals surface area contributed by atoms with Crippen molar-refractivity contribution < 1.29 is 0 Å². The Morgan fingerprint density at radius 2 is 1.06 bits per heavy atom. The van der Waals surface area contributed by atoms with E-state index in [4.69, 9.17) is 0 Å². The molecule has 288 valence electrons. The van der Waals surface area contributed by atoms with Gasteiger partial charge in [-0.25, -0.2) is 0 Å². The van der Waals surface area contributed by atoms with Crippen molar-refractivity contribution in [3.8, 4) is 22.3 Å². The molecule has 0 bridgehead atoms. The third-order valence-corrected chi connectivity index (χ3v) is 9.02. The van der Waals surface area contributed by atoms with Crippen LogP contribution >= 0.6 is 0 Å². The monoisotopic (exact) mass is 713 g/mol. The average molecular weight is 713 g/mol. The topological polar surface area (TPSA) is 0 Å². The summed E-state index contributed by atoms with van der Waals surface area (Å²) in [4.78, 5) is 0. The fourth-order valence-electron chi connectivity index (χ4n) is 6.04. The Balaban J connectivity index is 0.00000184. The maximum absolute atomic E-state index is 3.98. The normalized spacial score (nSPS) is 10.7. The highest BCUT2D eigenvalue weighted by Crippen LogP contribution is 2.45. The molecular formula is C53H76. The fraction of sp³-hybridized carbons (Fsp3) is 0.396. The third-order valence-electron chi connectivity index (χ3n) is 9.02. The van der Waals surface area contributed by atoms with E-state index in [0.29, 0.717) is 0 Å². The van der Waals surface area contributed by atoms with Crippen molar-refractivity contribution in [1.82, 2.24) is 0 Å². The van der Waals surface area contributed by atoms with Gasteiger partial charge >= 0.3 is 0 Å². The van der Waals surface area contributed by atoms with E-state index >= 15 is 0 Å². The Kier molecular flexibility index (Phi) is 25.3. The first kappa shape index (κ1) is 48.8. The number of benzene rings is 5. The Bertz CT molecular complexity index is 1730. The first-order chi connectivity index (χ1) is 25.8. The van der Waals surface area contributed by atoms with Gasteiger partial charge in [0, 0.05) is 0 Å². The third kappa shape index (κ3) is 13.0. The molecule has 5 aromatic carbocycles. The Labute approximate surface area is 328 Å². The molecule has 0 unspecified atom stereocenters. The molecule has 0 amide bonds. The van der Waals surface area contributed by atoms with Gasteiger partial charge in [-0.05, 0) is 91.2 Å². The molecule has 0 aromatic heterocycles. The zero-order valence-corrected chi connectivity index (χ0v) is 36.7. The lowest BCUT2D eigenvalue weighted by Gasteiger charge is -2.24. The molecule has 53 heavy (non-hydrogen) atoms. The van der Waals surface area contributed by atoms with E-state index in [2.05, 4.69) is 178 Å². The highest BCUT2D eigenvalue weighted by atomic mass is 14.2. The second-order valence-electron chi connectivity index (χ2n) is 12.9. The lowest BCUT2D eigenvalue weighted by Crippen LogP contribution is -2.14. The molecule has 0 aliphatic carbocycles. The van der Waals surface area contributed by atoms with Crippen LogP contribution in [0.2, 0.25) is 0 Å². The maximum Gasteiger partial charge on any atom is -0.00234 e. The number of hydrogen-bond acceptors (Lipinski definition) is 0. The van der Waals surface area contributed by atoms with Gasteiger partial charge in [-0.3, -0.25) is 0 Å². The van der Waals surface area contributed by atoms with Crippen LogP contribution < -0.4 is 0 Å². The molecular weight excluding hydrogens is 637 g/mol. The minimum Gasteiger partial charge on any atom is -0.0990 e. The van der Waals surface area contributed by atoms with Gasteiger partial charge in [-0.1, -0.05) is 238 Å². The van der Waals surface area contributed by atoms with Crippen molar-refractivity contribution in [3.63, 3.8) is 0 Å². The zero-order valence-electron chi connectivity index (χ0n) is 36.7. The summed E-state index contributed by atoms with van der Waals surface area (Å²) < 4.78 is 0. The van der Waals surface area contributed by atoms with E-state index in [0.717, 1.165) is 12.8 Å². The van der Waals surface area contributed by atoms with Crippen molar-refractivity contribution in [2.24, 2.45) is 0 Å². The summed E-state index contributed by atoms with van der Waals surface area (Å²) in [5.74, 6) is 0. The van der Waals surface area contributed by atoms with Gasteiger partial charge in [0.1, 0.15) is 0 Å². The van der Waals surface area contributed by atoms with Crippen LogP contribution in [-0.2, 0) is 11.8 Å². The van der Waals surface area contributed by atoms with Crippen LogP contribution in [0.5, 0.6) is 0 Å². The van der Waals surface area contributed by atoms with Crippen molar-refractivity contribution in [2.75, 3.05) is 0 Å².